The van der Waals surface area contributed by atoms with E-state index in [2.05, 4.69) is 32.0 Å². The number of benzene rings is 1. The number of aryl methyl sites for hydroxylation is 2. The number of carbonyl (C=O) groups is 2. The van der Waals surface area contributed by atoms with Gasteiger partial charge in [-0.1, -0.05) is 41.2 Å². The van der Waals surface area contributed by atoms with Crippen LogP contribution in [0, 0.1) is 13.8 Å². The van der Waals surface area contributed by atoms with Crippen molar-refractivity contribution in [1.82, 2.24) is 20.0 Å². The molecule has 1 aromatic carbocycles. The van der Waals surface area contributed by atoms with Gasteiger partial charge in [0.05, 0.1) is 12.7 Å². The van der Waals surface area contributed by atoms with Crippen molar-refractivity contribution in [2.24, 2.45) is 0 Å². The van der Waals surface area contributed by atoms with Gasteiger partial charge < -0.3 is 10.6 Å². The van der Waals surface area contributed by atoms with Gasteiger partial charge in [0.25, 0.3) is 0 Å². The highest BCUT2D eigenvalue weighted by Gasteiger charge is 2.13. The summed E-state index contributed by atoms with van der Waals surface area (Å²) in [6.07, 6.45) is 1.85. The van der Waals surface area contributed by atoms with E-state index < -0.39 is 0 Å². The summed E-state index contributed by atoms with van der Waals surface area (Å²) >= 11 is 1.23. The summed E-state index contributed by atoms with van der Waals surface area (Å²) in [5.41, 5.74) is 4.67. The average molecular weight is 384 g/mol. The van der Waals surface area contributed by atoms with Gasteiger partial charge in [-0.3, -0.25) is 9.59 Å². The molecule has 0 bridgehead atoms. The van der Waals surface area contributed by atoms with Gasteiger partial charge in [-0.15, -0.1) is 10.2 Å². The monoisotopic (exact) mass is 384 g/mol. The smallest absolute Gasteiger partial charge is 0.226 e. The van der Waals surface area contributed by atoms with Crippen LogP contribution in [0.15, 0.2) is 36.0 Å². The van der Waals surface area contributed by atoms with Crippen LogP contribution >= 0.6 is 11.3 Å². The van der Waals surface area contributed by atoms with E-state index in [1.54, 1.807) is 10.9 Å². The fourth-order valence-corrected chi connectivity index (χ4v) is 3.04. The minimum Gasteiger partial charge on any atom is -0.311 e. The lowest BCUT2D eigenvalue weighted by molar-refractivity contribution is -0.121. The highest BCUT2D eigenvalue weighted by atomic mass is 32.1. The third kappa shape index (κ3) is 5.20. The molecule has 2 N–H and O–H groups in total. The molecule has 0 unspecified atom stereocenters. The molecule has 2 amide bonds. The van der Waals surface area contributed by atoms with E-state index in [1.165, 1.54) is 22.4 Å². The maximum absolute atomic E-state index is 12.3. The van der Waals surface area contributed by atoms with Gasteiger partial charge in [-0.2, -0.15) is 5.10 Å². The number of hydrogen-bond donors (Lipinski definition) is 2. The molecule has 3 rings (SSSR count). The van der Waals surface area contributed by atoms with Crippen molar-refractivity contribution in [2.75, 3.05) is 10.6 Å². The molecule has 0 aliphatic carbocycles. The fourth-order valence-electron chi connectivity index (χ4n) is 2.58. The molecule has 0 atom stereocenters. The minimum absolute atomic E-state index is 0.0660. The van der Waals surface area contributed by atoms with E-state index in [0.717, 1.165) is 11.1 Å². The summed E-state index contributed by atoms with van der Waals surface area (Å²) in [5.74, 6) is 0.134. The number of carbonyl (C=O) groups excluding carboxylic acids is 2. The maximum atomic E-state index is 12.3. The normalized spacial score (nSPS) is 10.6. The van der Waals surface area contributed by atoms with E-state index >= 15 is 0 Å². The second kappa shape index (κ2) is 8.54. The molecule has 0 aliphatic rings. The van der Waals surface area contributed by atoms with Crippen molar-refractivity contribution in [2.45, 2.75) is 33.2 Å². The van der Waals surface area contributed by atoms with E-state index in [-0.39, 0.29) is 24.7 Å². The number of rotatable bonds is 7. The zero-order valence-corrected chi connectivity index (χ0v) is 15.9. The first-order valence-corrected chi connectivity index (χ1v) is 9.33. The number of amides is 2. The van der Waals surface area contributed by atoms with Crippen LogP contribution in [0.1, 0.15) is 29.5 Å². The van der Waals surface area contributed by atoms with E-state index in [1.807, 2.05) is 32.0 Å². The minimum atomic E-state index is -0.271. The molecule has 3 aromatic rings. The standard InChI is InChI=1S/C18H20N6O2S/c1-12-4-3-5-14(8-12)10-24-17(13(2)9-20-24)21-15(25)6-7-16(26)22-18-23-19-11-27-18/h3-5,8-9,11H,6-7,10H2,1-2H3,(H,21,25)(H,22,23,26). The maximum Gasteiger partial charge on any atom is 0.226 e. The quantitative estimate of drug-likeness (QED) is 0.652. The van der Waals surface area contributed by atoms with Gasteiger partial charge in [0.1, 0.15) is 11.3 Å². The predicted octanol–water partition coefficient (Wildman–Crippen LogP) is 2.76. The molecule has 0 saturated carbocycles. The SMILES string of the molecule is Cc1cccc(Cn2ncc(C)c2NC(=O)CCC(=O)Nc2nncs2)c1. The first kappa shape index (κ1) is 18.7. The Morgan fingerprint density at radius 2 is 1.93 bits per heavy atom. The lowest BCUT2D eigenvalue weighted by atomic mass is 10.1. The number of hydrogen-bond acceptors (Lipinski definition) is 6. The second-order valence-electron chi connectivity index (χ2n) is 6.16. The van der Waals surface area contributed by atoms with Gasteiger partial charge >= 0.3 is 0 Å². The van der Waals surface area contributed by atoms with Crippen molar-refractivity contribution in [1.29, 1.82) is 0 Å². The molecule has 2 heterocycles. The van der Waals surface area contributed by atoms with E-state index in [0.29, 0.717) is 17.5 Å². The van der Waals surface area contributed by atoms with Crippen LogP contribution in [0.5, 0.6) is 0 Å². The summed E-state index contributed by atoms with van der Waals surface area (Å²) in [5, 5.41) is 17.6. The lowest BCUT2D eigenvalue weighted by Gasteiger charge is -2.11. The Bertz CT molecular complexity index is 935. The Hall–Kier alpha value is -3.07. The van der Waals surface area contributed by atoms with Crippen molar-refractivity contribution < 1.29 is 9.59 Å². The first-order valence-electron chi connectivity index (χ1n) is 8.45. The summed E-state index contributed by atoms with van der Waals surface area (Å²) in [6, 6.07) is 8.14. The Kier molecular flexibility index (Phi) is 5.92. The van der Waals surface area contributed by atoms with Gasteiger partial charge in [-0.05, 0) is 19.4 Å². The van der Waals surface area contributed by atoms with Crippen LogP contribution in [0.3, 0.4) is 0 Å². The molecule has 27 heavy (non-hydrogen) atoms. The number of aromatic nitrogens is 4. The molecule has 140 valence electrons. The zero-order chi connectivity index (χ0) is 19.2. The third-order valence-electron chi connectivity index (χ3n) is 3.88. The molecule has 0 aliphatic heterocycles. The van der Waals surface area contributed by atoms with E-state index in [4.69, 9.17) is 0 Å². The predicted molar refractivity (Wildman–Crippen MR) is 104 cm³/mol. The highest BCUT2D eigenvalue weighted by molar-refractivity contribution is 7.13. The summed E-state index contributed by atoms with van der Waals surface area (Å²) in [4.78, 5) is 24.1. The van der Waals surface area contributed by atoms with Crippen LogP contribution in [-0.2, 0) is 16.1 Å². The second-order valence-corrected chi connectivity index (χ2v) is 7.00. The molecule has 0 fully saturated rings. The van der Waals surface area contributed by atoms with Gasteiger partial charge in [0.2, 0.25) is 16.9 Å². The van der Waals surface area contributed by atoms with Crippen LogP contribution in [-0.4, -0.2) is 31.8 Å². The zero-order valence-electron chi connectivity index (χ0n) is 15.1. The highest BCUT2D eigenvalue weighted by Crippen LogP contribution is 2.17. The Balaban J connectivity index is 1.57. The average Bonchev–Trinajstić information content (AvgIpc) is 3.25. The summed E-state index contributed by atoms with van der Waals surface area (Å²) in [7, 11) is 0. The molecular weight excluding hydrogens is 364 g/mol. The topological polar surface area (TPSA) is 102 Å². The number of nitrogens with zero attached hydrogens (tertiary/aromatic N) is 4. The Morgan fingerprint density at radius 1 is 1.15 bits per heavy atom. The van der Waals surface area contributed by atoms with Crippen molar-refractivity contribution in [3.8, 4) is 0 Å². The largest absolute Gasteiger partial charge is 0.311 e. The lowest BCUT2D eigenvalue weighted by Crippen LogP contribution is -2.19. The molecule has 0 spiro atoms. The van der Waals surface area contributed by atoms with Crippen LogP contribution in [0.2, 0.25) is 0 Å². The molecule has 8 nitrogen and oxygen atoms in total. The number of anilines is 2. The Labute approximate surface area is 160 Å². The third-order valence-corrected chi connectivity index (χ3v) is 4.49. The Morgan fingerprint density at radius 3 is 2.63 bits per heavy atom. The van der Waals surface area contributed by atoms with Crippen molar-refractivity contribution >= 4 is 34.1 Å². The van der Waals surface area contributed by atoms with Crippen molar-refractivity contribution in [3.63, 3.8) is 0 Å². The van der Waals surface area contributed by atoms with Gasteiger partial charge in [0, 0.05) is 18.4 Å². The summed E-state index contributed by atoms with van der Waals surface area (Å²) < 4.78 is 1.75. The molecule has 0 saturated heterocycles. The summed E-state index contributed by atoms with van der Waals surface area (Å²) in [6.45, 7) is 4.48. The molecule has 0 radical (unpaired) electrons. The molecule has 2 aromatic heterocycles. The molecule has 9 heteroatoms. The van der Waals surface area contributed by atoms with Gasteiger partial charge in [-0.25, -0.2) is 4.68 Å². The van der Waals surface area contributed by atoms with Crippen molar-refractivity contribution in [3.05, 3.63) is 52.7 Å². The molecular formula is C18H20N6O2S. The first-order chi connectivity index (χ1) is 13.0. The van der Waals surface area contributed by atoms with Crippen LogP contribution in [0.4, 0.5) is 10.9 Å². The van der Waals surface area contributed by atoms with Crippen LogP contribution < -0.4 is 10.6 Å². The fraction of sp³-hybridized carbons (Fsp3) is 0.278. The number of nitrogens with one attached hydrogen (secondary N) is 2. The van der Waals surface area contributed by atoms with Gasteiger partial charge in [0.15, 0.2) is 0 Å². The van der Waals surface area contributed by atoms with E-state index in [9.17, 15) is 9.59 Å². The van der Waals surface area contributed by atoms with Crippen LogP contribution in [0.25, 0.3) is 0 Å².